The molecule has 0 radical (unpaired) electrons. The van der Waals surface area contributed by atoms with Crippen LogP contribution in [0.25, 0.3) is 0 Å². The van der Waals surface area contributed by atoms with Gasteiger partial charge in [0.15, 0.2) is 5.82 Å². The number of hydrogen-bond acceptors (Lipinski definition) is 4. The van der Waals surface area contributed by atoms with Gasteiger partial charge >= 0.3 is 0 Å². The van der Waals surface area contributed by atoms with Gasteiger partial charge in [-0.3, -0.25) is 0 Å². The first-order valence-corrected chi connectivity index (χ1v) is 6.60. The second-order valence-corrected chi connectivity index (χ2v) is 4.74. The van der Waals surface area contributed by atoms with Crippen LogP contribution in [-0.4, -0.2) is 34.5 Å². The van der Waals surface area contributed by atoms with Gasteiger partial charge in [-0.2, -0.15) is 0 Å². The third-order valence-electron chi connectivity index (χ3n) is 3.36. The van der Waals surface area contributed by atoms with Crippen LogP contribution in [0.15, 0.2) is 30.3 Å². The molecule has 5 nitrogen and oxygen atoms in total. The fraction of sp³-hybridized carbons (Fsp3) is 0.429. The van der Waals surface area contributed by atoms with E-state index in [2.05, 4.69) is 32.2 Å². The molecular weight excluding hydrogens is 240 g/mol. The van der Waals surface area contributed by atoms with Crippen LogP contribution < -0.4 is 5.32 Å². The minimum absolute atomic E-state index is 0.00124. The van der Waals surface area contributed by atoms with Gasteiger partial charge in [-0.25, -0.2) is 0 Å². The molecule has 1 fully saturated rings. The van der Waals surface area contributed by atoms with Crippen molar-refractivity contribution < 1.29 is 4.74 Å². The lowest BCUT2D eigenvalue weighted by atomic mass is 10.2. The molecule has 1 aliphatic heterocycles. The van der Waals surface area contributed by atoms with E-state index >= 15 is 0 Å². The van der Waals surface area contributed by atoms with Crippen molar-refractivity contribution in [3.05, 3.63) is 47.5 Å². The number of hydrogen-bond donors (Lipinski definition) is 1. The quantitative estimate of drug-likeness (QED) is 0.901. The summed E-state index contributed by atoms with van der Waals surface area (Å²) in [6.45, 7) is 5.20. The Balaban J connectivity index is 1.86. The molecular formula is C14H18N4O. The Morgan fingerprint density at radius 3 is 2.89 bits per heavy atom. The highest BCUT2D eigenvalue weighted by Crippen LogP contribution is 2.19. The van der Waals surface area contributed by atoms with E-state index in [0.29, 0.717) is 0 Å². The predicted octanol–water partition coefficient (Wildman–Crippen LogP) is 1.30. The van der Waals surface area contributed by atoms with Gasteiger partial charge in [-0.05, 0) is 12.5 Å². The zero-order valence-corrected chi connectivity index (χ0v) is 11.0. The normalized spacial score (nSPS) is 19.5. The second kappa shape index (κ2) is 5.50. The average Bonchev–Trinajstić information content (AvgIpc) is 2.82. The molecule has 1 aliphatic rings. The Labute approximate surface area is 112 Å². The summed E-state index contributed by atoms with van der Waals surface area (Å²) >= 11 is 0. The Bertz CT molecular complexity index is 532. The molecule has 3 rings (SSSR count). The molecule has 100 valence electrons. The molecule has 1 saturated heterocycles. The van der Waals surface area contributed by atoms with Crippen molar-refractivity contribution in [3.63, 3.8) is 0 Å². The fourth-order valence-corrected chi connectivity index (χ4v) is 2.33. The molecule has 0 saturated carbocycles. The third-order valence-corrected chi connectivity index (χ3v) is 3.36. The van der Waals surface area contributed by atoms with Crippen molar-refractivity contribution in [3.8, 4) is 0 Å². The van der Waals surface area contributed by atoms with Gasteiger partial charge in [0, 0.05) is 13.1 Å². The van der Waals surface area contributed by atoms with Crippen molar-refractivity contribution in [2.75, 3.05) is 19.7 Å². The van der Waals surface area contributed by atoms with Crippen molar-refractivity contribution >= 4 is 0 Å². The van der Waals surface area contributed by atoms with Crippen LogP contribution in [0.4, 0.5) is 0 Å². The van der Waals surface area contributed by atoms with Gasteiger partial charge in [0.25, 0.3) is 0 Å². The summed E-state index contributed by atoms with van der Waals surface area (Å²) in [6, 6.07) is 10.4. The summed E-state index contributed by atoms with van der Waals surface area (Å²) in [5.41, 5.74) is 1.25. The van der Waals surface area contributed by atoms with Crippen LogP contribution in [0, 0.1) is 6.92 Å². The molecule has 1 atom stereocenters. The van der Waals surface area contributed by atoms with Crippen molar-refractivity contribution in [1.82, 2.24) is 20.1 Å². The summed E-state index contributed by atoms with van der Waals surface area (Å²) in [4.78, 5) is 0. The van der Waals surface area contributed by atoms with E-state index in [1.165, 1.54) is 5.56 Å². The van der Waals surface area contributed by atoms with Crippen LogP contribution in [-0.2, 0) is 11.3 Å². The highest BCUT2D eigenvalue weighted by molar-refractivity contribution is 5.16. The number of nitrogens with one attached hydrogen (secondary N) is 1. The summed E-state index contributed by atoms with van der Waals surface area (Å²) in [7, 11) is 0. The number of aryl methyl sites for hydroxylation is 1. The minimum atomic E-state index is -0.00124. The molecule has 0 bridgehead atoms. The zero-order chi connectivity index (χ0) is 13.1. The molecule has 2 aromatic rings. The topological polar surface area (TPSA) is 52.0 Å². The second-order valence-electron chi connectivity index (χ2n) is 4.74. The van der Waals surface area contributed by atoms with Gasteiger partial charge in [-0.1, -0.05) is 30.3 Å². The van der Waals surface area contributed by atoms with Crippen molar-refractivity contribution in [2.24, 2.45) is 0 Å². The van der Waals surface area contributed by atoms with Gasteiger partial charge < -0.3 is 14.6 Å². The molecule has 1 aromatic carbocycles. The molecule has 2 heterocycles. The van der Waals surface area contributed by atoms with E-state index in [1.54, 1.807) is 0 Å². The average molecular weight is 258 g/mol. The lowest BCUT2D eigenvalue weighted by Crippen LogP contribution is -2.34. The number of rotatable bonds is 3. The Morgan fingerprint density at radius 2 is 2.16 bits per heavy atom. The van der Waals surface area contributed by atoms with Crippen LogP contribution in [0.5, 0.6) is 0 Å². The molecule has 5 heteroatoms. The van der Waals surface area contributed by atoms with E-state index in [-0.39, 0.29) is 6.10 Å². The van der Waals surface area contributed by atoms with Crippen molar-refractivity contribution in [2.45, 2.75) is 19.6 Å². The number of nitrogens with zero attached hydrogens (tertiary/aromatic N) is 3. The molecule has 1 unspecified atom stereocenters. The highest BCUT2D eigenvalue weighted by atomic mass is 16.5. The molecule has 19 heavy (non-hydrogen) atoms. The summed E-state index contributed by atoms with van der Waals surface area (Å²) in [6.07, 6.45) is -0.00124. The molecule has 0 amide bonds. The summed E-state index contributed by atoms with van der Waals surface area (Å²) in [5.74, 6) is 1.83. The van der Waals surface area contributed by atoms with Gasteiger partial charge in [0.05, 0.1) is 13.2 Å². The van der Waals surface area contributed by atoms with Gasteiger partial charge in [0.1, 0.15) is 11.9 Å². The maximum absolute atomic E-state index is 5.77. The van der Waals surface area contributed by atoms with Crippen LogP contribution in [0.2, 0.25) is 0 Å². The smallest absolute Gasteiger partial charge is 0.163 e. The first-order valence-electron chi connectivity index (χ1n) is 6.60. The first kappa shape index (κ1) is 12.3. The number of morpholine rings is 1. The Hall–Kier alpha value is -1.72. The van der Waals surface area contributed by atoms with Crippen molar-refractivity contribution in [1.29, 1.82) is 0 Å². The van der Waals surface area contributed by atoms with E-state index in [9.17, 15) is 0 Å². The summed E-state index contributed by atoms with van der Waals surface area (Å²) in [5, 5.41) is 11.8. The van der Waals surface area contributed by atoms with E-state index in [0.717, 1.165) is 37.9 Å². The van der Waals surface area contributed by atoms with Crippen LogP contribution >= 0.6 is 0 Å². The SMILES string of the molecule is Cc1nnc(C2CNCCO2)n1Cc1ccccc1. The third kappa shape index (κ3) is 2.67. The monoisotopic (exact) mass is 258 g/mol. The zero-order valence-electron chi connectivity index (χ0n) is 11.0. The number of aromatic nitrogens is 3. The van der Waals surface area contributed by atoms with E-state index in [1.807, 2.05) is 25.1 Å². The first-order chi connectivity index (χ1) is 9.34. The molecule has 1 aromatic heterocycles. The Kier molecular flexibility index (Phi) is 3.57. The van der Waals surface area contributed by atoms with E-state index in [4.69, 9.17) is 4.74 Å². The maximum atomic E-state index is 5.77. The lowest BCUT2D eigenvalue weighted by molar-refractivity contribution is 0.0199. The molecule has 0 aliphatic carbocycles. The van der Waals surface area contributed by atoms with Crippen LogP contribution in [0.1, 0.15) is 23.3 Å². The number of benzene rings is 1. The standard InChI is InChI=1S/C14H18N4O/c1-11-16-17-14(13-9-15-7-8-19-13)18(11)10-12-5-3-2-4-6-12/h2-6,13,15H,7-10H2,1H3. The highest BCUT2D eigenvalue weighted by Gasteiger charge is 2.22. The number of ether oxygens (including phenoxy) is 1. The van der Waals surface area contributed by atoms with Gasteiger partial charge in [0.2, 0.25) is 0 Å². The largest absolute Gasteiger partial charge is 0.368 e. The molecule has 0 spiro atoms. The predicted molar refractivity (Wildman–Crippen MR) is 71.9 cm³/mol. The van der Waals surface area contributed by atoms with E-state index < -0.39 is 0 Å². The minimum Gasteiger partial charge on any atom is -0.368 e. The fourth-order valence-electron chi connectivity index (χ4n) is 2.33. The maximum Gasteiger partial charge on any atom is 0.163 e. The van der Waals surface area contributed by atoms with Gasteiger partial charge in [-0.15, -0.1) is 10.2 Å². The van der Waals surface area contributed by atoms with Crippen LogP contribution in [0.3, 0.4) is 0 Å². The summed E-state index contributed by atoms with van der Waals surface area (Å²) < 4.78 is 7.90. The molecule has 1 N–H and O–H groups in total. The lowest BCUT2D eigenvalue weighted by Gasteiger charge is -2.23. The Morgan fingerprint density at radius 1 is 1.32 bits per heavy atom.